The number of hydrogen-bond acceptors (Lipinski definition) is 2. The van der Waals surface area contributed by atoms with Gasteiger partial charge in [-0.2, -0.15) is 0 Å². The van der Waals surface area contributed by atoms with Crippen LogP contribution in [0.25, 0.3) is 5.70 Å². The summed E-state index contributed by atoms with van der Waals surface area (Å²) in [7, 11) is 0. The fraction of sp³-hybridized carbons (Fsp3) is 0.167. The molecule has 0 atom stereocenters. The van der Waals surface area contributed by atoms with Crippen LogP contribution in [0.2, 0.25) is 0 Å². The third-order valence-corrected chi connectivity index (χ3v) is 1.73. The Hall–Kier alpha value is -1.70. The van der Waals surface area contributed by atoms with Crippen LogP contribution >= 0.6 is 0 Å². The average molecular weight is 186 g/mol. The number of allylic oxidation sites excluding steroid dienone is 2. The van der Waals surface area contributed by atoms with Gasteiger partial charge in [-0.15, -0.1) is 0 Å². The molecule has 0 aliphatic rings. The number of aliphatic imine (C=N–C) groups is 1. The molecule has 0 amide bonds. The van der Waals surface area contributed by atoms with Crippen LogP contribution in [0.4, 0.5) is 0 Å². The lowest BCUT2D eigenvalue weighted by atomic mass is 10.2. The van der Waals surface area contributed by atoms with Gasteiger partial charge in [0.1, 0.15) is 0 Å². The van der Waals surface area contributed by atoms with E-state index in [9.17, 15) is 0 Å². The molecule has 0 spiro atoms. The molecular weight excluding hydrogens is 172 g/mol. The minimum atomic E-state index is 0.765. The lowest BCUT2D eigenvalue weighted by Gasteiger charge is -2.01. The van der Waals surface area contributed by atoms with Crippen LogP contribution < -0.4 is 0 Å². The van der Waals surface area contributed by atoms with E-state index in [1.165, 1.54) is 0 Å². The van der Waals surface area contributed by atoms with Crippen molar-refractivity contribution in [1.29, 1.82) is 0 Å². The van der Waals surface area contributed by atoms with Gasteiger partial charge in [-0.25, -0.2) is 0 Å². The van der Waals surface area contributed by atoms with E-state index in [1.807, 2.05) is 32.1 Å². The molecule has 0 aliphatic carbocycles. The molecule has 0 bridgehead atoms. The van der Waals surface area contributed by atoms with Crippen LogP contribution in [-0.2, 0) is 0 Å². The highest BCUT2D eigenvalue weighted by Gasteiger charge is 1.99. The second-order valence-corrected chi connectivity index (χ2v) is 3.25. The molecule has 1 aromatic heterocycles. The maximum absolute atomic E-state index is 4.22. The molecule has 0 saturated carbocycles. The number of nitrogens with zero attached hydrogens (tertiary/aromatic N) is 2. The summed E-state index contributed by atoms with van der Waals surface area (Å²) in [5.41, 5.74) is 3.70. The van der Waals surface area contributed by atoms with Gasteiger partial charge in [0.15, 0.2) is 0 Å². The zero-order chi connectivity index (χ0) is 10.6. The van der Waals surface area contributed by atoms with E-state index in [0.717, 1.165) is 22.5 Å². The highest BCUT2D eigenvalue weighted by atomic mass is 14.8. The number of aryl methyl sites for hydroxylation is 1. The van der Waals surface area contributed by atoms with E-state index in [0.29, 0.717) is 0 Å². The van der Waals surface area contributed by atoms with Crippen molar-refractivity contribution < 1.29 is 0 Å². The molecule has 72 valence electrons. The van der Waals surface area contributed by atoms with Crippen LogP contribution in [0, 0.1) is 6.92 Å². The first-order chi connectivity index (χ1) is 6.63. The van der Waals surface area contributed by atoms with Gasteiger partial charge in [0.25, 0.3) is 0 Å². The Morgan fingerprint density at radius 1 is 1.57 bits per heavy atom. The normalized spacial score (nSPS) is 11.1. The first-order valence-corrected chi connectivity index (χ1v) is 4.40. The zero-order valence-electron chi connectivity index (χ0n) is 8.62. The van der Waals surface area contributed by atoms with E-state index in [2.05, 4.69) is 23.3 Å². The quantitative estimate of drug-likeness (QED) is 0.526. The fourth-order valence-corrected chi connectivity index (χ4v) is 1.11. The van der Waals surface area contributed by atoms with Gasteiger partial charge in [-0.1, -0.05) is 12.2 Å². The van der Waals surface area contributed by atoms with Crippen molar-refractivity contribution in [1.82, 2.24) is 4.98 Å². The van der Waals surface area contributed by atoms with Crippen LogP contribution in [0.3, 0.4) is 0 Å². The summed E-state index contributed by atoms with van der Waals surface area (Å²) in [5, 5.41) is 0. The van der Waals surface area contributed by atoms with Gasteiger partial charge < -0.3 is 0 Å². The molecule has 1 rings (SSSR count). The van der Waals surface area contributed by atoms with Gasteiger partial charge >= 0.3 is 0 Å². The molecule has 0 saturated heterocycles. The van der Waals surface area contributed by atoms with E-state index in [4.69, 9.17) is 0 Å². The van der Waals surface area contributed by atoms with Crippen LogP contribution in [-0.4, -0.2) is 11.7 Å². The first-order valence-electron chi connectivity index (χ1n) is 4.40. The smallest absolute Gasteiger partial charge is 0.0888 e. The third kappa shape index (κ3) is 2.66. The SMILES string of the molecule is C=N/C(=C\C(=C)C)c1cc(C)ccn1. The lowest BCUT2D eigenvalue weighted by Crippen LogP contribution is -1.87. The maximum Gasteiger partial charge on any atom is 0.0888 e. The number of aromatic nitrogens is 1. The topological polar surface area (TPSA) is 25.2 Å². The van der Waals surface area contributed by atoms with Crippen molar-refractivity contribution >= 4 is 12.4 Å². The van der Waals surface area contributed by atoms with E-state index in [1.54, 1.807) is 6.20 Å². The fourth-order valence-electron chi connectivity index (χ4n) is 1.11. The molecular formula is C12H14N2. The second-order valence-electron chi connectivity index (χ2n) is 3.25. The molecule has 0 radical (unpaired) electrons. The number of hydrogen-bond donors (Lipinski definition) is 0. The van der Waals surface area contributed by atoms with E-state index < -0.39 is 0 Å². The molecule has 1 heterocycles. The molecule has 0 aliphatic heterocycles. The minimum absolute atomic E-state index is 0.765. The third-order valence-electron chi connectivity index (χ3n) is 1.73. The predicted octanol–water partition coefficient (Wildman–Crippen LogP) is 3.01. The van der Waals surface area contributed by atoms with Gasteiger partial charge in [0.2, 0.25) is 0 Å². The summed E-state index contributed by atoms with van der Waals surface area (Å²) < 4.78 is 0. The van der Waals surface area contributed by atoms with Crippen molar-refractivity contribution in [3.05, 3.63) is 47.8 Å². The Balaban J connectivity index is 3.13. The second kappa shape index (κ2) is 4.51. The van der Waals surface area contributed by atoms with E-state index >= 15 is 0 Å². The van der Waals surface area contributed by atoms with Crippen LogP contribution in [0.1, 0.15) is 18.2 Å². The highest BCUT2D eigenvalue weighted by Crippen LogP contribution is 2.15. The molecule has 14 heavy (non-hydrogen) atoms. The molecule has 0 fully saturated rings. The Bertz CT molecular complexity index is 389. The summed E-state index contributed by atoms with van der Waals surface area (Å²) in [5.74, 6) is 0. The summed E-state index contributed by atoms with van der Waals surface area (Å²) >= 11 is 0. The largest absolute Gasteiger partial charge is 0.262 e. The zero-order valence-corrected chi connectivity index (χ0v) is 8.62. The molecule has 2 nitrogen and oxygen atoms in total. The Morgan fingerprint density at radius 2 is 2.29 bits per heavy atom. The number of pyridine rings is 1. The molecule has 0 N–H and O–H groups in total. The van der Waals surface area contributed by atoms with Gasteiger partial charge in [0, 0.05) is 6.20 Å². The van der Waals surface area contributed by atoms with Crippen LogP contribution in [0.15, 0.2) is 41.6 Å². The lowest BCUT2D eigenvalue weighted by molar-refractivity contribution is 1.22. The molecule has 0 unspecified atom stereocenters. The molecule has 1 aromatic rings. The Kier molecular flexibility index (Phi) is 3.35. The Labute approximate surface area is 84.7 Å². The Morgan fingerprint density at radius 3 is 2.79 bits per heavy atom. The summed E-state index contributed by atoms with van der Waals surface area (Å²) in [6.07, 6.45) is 3.64. The van der Waals surface area contributed by atoms with Crippen molar-refractivity contribution in [3.8, 4) is 0 Å². The summed E-state index contributed by atoms with van der Waals surface area (Å²) in [6.45, 7) is 11.3. The average Bonchev–Trinajstić information content (AvgIpc) is 2.14. The van der Waals surface area contributed by atoms with E-state index in [-0.39, 0.29) is 0 Å². The first kappa shape index (κ1) is 10.4. The summed E-state index contributed by atoms with van der Waals surface area (Å²) in [6, 6.07) is 3.93. The van der Waals surface area contributed by atoms with Gasteiger partial charge in [0.05, 0.1) is 11.4 Å². The van der Waals surface area contributed by atoms with Crippen LogP contribution in [0.5, 0.6) is 0 Å². The van der Waals surface area contributed by atoms with Gasteiger partial charge in [-0.3, -0.25) is 9.98 Å². The standard InChI is InChI=1S/C12H14N2/c1-9(2)7-11(13-4)12-8-10(3)5-6-14-12/h5-8H,1,4H2,2-3H3/b11-7-. The predicted molar refractivity (Wildman–Crippen MR) is 61.3 cm³/mol. The molecule has 0 aromatic carbocycles. The van der Waals surface area contributed by atoms with Crippen molar-refractivity contribution in [2.24, 2.45) is 4.99 Å². The number of rotatable bonds is 3. The highest BCUT2D eigenvalue weighted by molar-refractivity contribution is 5.67. The van der Waals surface area contributed by atoms with Crippen molar-refractivity contribution in [2.45, 2.75) is 13.8 Å². The van der Waals surface area contributed by atoms with Crippen molar-refractivity contribution in [2.75, 3.05) is 0 Å². The monoisotopic (exact) mass is 186 g/mol. The molecule has 2 heteroatoms. The summed E-state index contributed by atoms with van der Waals surface area (Å²) in [4.78, 5) is 8.15. The van der Waals surface area contributed by atoms with Gasteiger partial charge in [-0.05, 0) is 44.3 Å². The minimum Gasteiger partial charge on any atom is -0.262 e. The maximum atomic E-state index is 4.22. The van der Waals surface area contributed by atoms with Crippen molar-refractivity contribution in [3.63, 3.8) is 0 Å².